The van der Waals surface area contributed by atoms with E-state index in [1.807, 2.05) is 6.92 Å². The fourth-order valence-electron chi connectivity index (χ4n) is 1.20. The number of nitrogens with zero attached hydrogens (tertiary/aromatic N) is 1. The Kier molecular flexibility index (Phi) is 1.85. The van der Waals surface area contributed by atoms with Crippen molar-refractivity contribution in [2.24, 2.45) is 0 Å². The van der Waals surface area contributed by atoms with Crippen molar-refractivity contribution in [2.45, 2.75) is 6.92 Å². The van der Waals surface area contributed by atoms with Crippen molar-refractivity contribution in [3.8, 4) is 11.3 Å². The Labute approximate surface area is 76.9 Å². The van der Waals surface area contributed by atoms with E-state index in [0.29, 0.717) is 0 Å². The lowest BCUT2D eigenvalue weighted by molar-refractivity contribution is 0.628. The van der Waals surface area contributed by atoms with Crippen LogP contribution in [0.2, 0.25) is 0 Å². The van der Waals surface area contributed by atoms with E-state index in [0.717, 1.165) is 17.1 Å². The quantitative estimate of drug-likeness (QED) is 0.714. The highest BCUT2D eigenvalue weighted by atomic mass is 19.1. The van der Waals surface area contributed by atoms with Crippen molar-refractivity contribution >= 4 is 0 Å². The molecule has 1 N–H and O–H groups in total. The van der Waals surface area contributed by atoms with E-state index in [1.54, 1.807) is 18.3 Å². The van der Waals surface area contributed by atoms with E-state index >= 15 is 0 Å². The van der Waals surface area contributed by atoms with Gasteiger partial charge in [-0.1, -0.05) is 0 Å². The molecule has 0 saturated carbocycles. The Bertz CT molecular complexity index is 408. The average Bonchev–Trinajstić information content (AvgIpc) is 2.53. The van der Waals surface area contributed by atoms with Crippen LogP contribution in [-0.4, -0.2) is 9.97 Å². The molecule has 0 spiro atoms. The van der Waals surface area contributed by atoms with Crippen LogP contribution in [-0.2, 0) is 0 Å². The number of halogens is 1. The minimum atomic E-state index is -0.222. The van der Waals surface area contributed by atoms with E-state index in [2.05, 4.69) is 9.97 Å². The molecule has 2 nitrogen and oxygen atoms in total. The second kappa shape index (κ2) is 3.01. The molecule has 0 radical (unpaired) electrons. The SMILES string of the molecule is Cc1ncc(-c2ccc(F)cc2)[nH]1.[HH]. The molecule has 1 aromatic carbocycles. The minimum absolute atomic E-state index is 0. The summed E-state index contributed by atoms with van der Waals surface area (Å²) in [6, 6.07) is 6.32. The third-order valence-corrected chi connectivity index (χ3v) is 1.86. The van der Waals surface area contributed by atoms with E-state index in [4.69, 9.17) is 0 Å². The molecule has 0 bridgehead atoms. The summed E-state index contributed by atoms with van der Waals surface area (Å²) in [6.45, 7) is 1.88. The number of hydrogen-bond donors (Lipinski definition) is 1. The summed E-state index contributed by atoms with van der Waals surface area (Å²) in [5.74, 6) is 0.638. The van der Waals surface area contributed by atoms with E-state index < -0.39 is 0 Å². The number of aryl methyl sites for hydroxylation is 1. The fraction of sp³-hybridized carbons (Fsp3) is 0.100. The van der Waals surface area contributed by atoms with Gasteiger partial charge in [-0.05, 0) is 36.8 Å². The molecular formula is C10H11FN2. The molecule has 0 atom stereocenters. The molecule has 2 aromatic rings. The Morgan fingerprint density at radius 1 is 1.31 bits per heavy atom. The normalized spacial score (nSPS) is 10.3. The van der Waals surface area contributed by atoms with Gasteiger partial charge in [0.25, 0.3) is 0 Å². The van der Waals surface area contributed by atoms with Gasteiger partial charge in [-0.2, -0.15) is 0 Å². The summed E-state index contributed by atoms with van der Waals surface area (Å²) >= 11 is 0. The molecule has 3 heteroatoms. The molecule has 0 saturated heterocycles. The first-order valence-electron chi connectivity index (χ1n) is 4.03. The summed E-state index contributed by atoms with van der Waals surface area (Å²) < 4.78 is 12.6. The summed E-state index contributed by atoms with van der Waals surface area (Å²) in [5.41, 5.74) is 1.86. The van der Waals surface area contributed by atoms with Crippen LogP contribution in [0.15, 0.2) is 30.5 Å². The van der Waals surface area contributed by atoms with Gasteiger partial charge >= 0.3 is 0 Å². The predicted molar refractivity (Wildman–Crippen MR) is 50.8 cm³/mol. The van der Waals surface area contributed by atoms with Crippen LogP contribution < -0.4 is 0 Å². The summed E-state index contributed by atoms with van der Waals surface area (Å²) in [6.07, 6.45) is 1.74. The van der Waals surface area contributed by atoms with Crippen LogP contribution in [0.1, 0.15) is 7.25 Å². The zero-order chi connectivity index (χ0) is 9.26. The van der Waals surface area contributed by atoms with Gasteiger partial charge < -0.3 is 4.98 Å². The van der Waals surface area contributed by atoms with E-state index in [9.17, 15) is 4.39 Å². The van der Waals surface area contributed by atoms with Crippen molar-refractivity contribution in [1.82, 2.24) is 9.97 Å². The predicted octanol–water partition coefficient (Wildman–Crippen LogP) is 2.77. The highest BCUT2D eigenvalue weighted by molar-refractivity contribution is 5.58. The Morgan fingerprint density at radius 3 is 2.54 bits per heavy atom. The smallest absolute Gasteiger partial charge is 0.123 e. The minimum Gasteiger partial charge on any atom is -0.342 e. The first-order chi connectivity index (χ1) is 6.25. The van der Waals surface area contributed by atoms with Gasteiger partial charge in [0, 0.05) is 1.43 Å². The molecule has 1 heterocycles. The lowest BCUT2D eigenvalue weighted by atomic mass is 10.2. The van der Waals surface area contributed by atoms with Gasteiger partial charge in [-0.25, -0.2) is 9.37 Å². The zero-order valence-corrected chi connectivity index (χ0v) is 7.21. The fourth-order valence-corrected chi connectivity index (χ4v) is 1.20. The van der Waals surface area contributed by atoms with Crippen LogP contribution in [0.5, 0.6) is 0 Å². The van der Waals surface area contributed by atoms with Gasteiger partial charge in [-0.3, -0.25) is 0 Å². The number of H-pyrrole nitrogens is 1. The van der Waals surface area contributed by atoms with E-state index in [-0.39, 0.29) is 7.24 Å². The van der Waals surface area contributed by atoms with Gasteiger partial charge in [-0.15, -0.1) is 0 Å². The van der Waals surface area contributed by atoms with Crippen LogP contribution in [0, 0.1) is 12.7 Å². The molecule has 0 amide bonds. The molecule has 68 valence electrons. The maximum absolute atomic E-state index is 12.6. The monoisotopic (exact) mass is 178 g/mol. The maximum Gasteiger partial charge on any atom is 0.123 e. The topological polar surface area (TPSA) is 28.7 Å². The number of hydrogen-bond acceptors (Lipinski definition) is 1. The third-order valence-electron chi connectivity index (χ3n) is 1.86. The van der Waals surface area contributed by atoms with Crippen molar-refractivity contribution in [2.75, 3.05) is 0 Å². The van der Waals surface area contributed by atoms with Gasteiger partial charge in [0.2, 0.25) is 0 Å². The summed E-state index contributed by atoms with van der Waals surface area (Å²) in [7, 11) is 0. The molecule has 0 fully saturated rings. The lowest BCUT2D eigenvalue weighted by Gasteiger charge is -1.95. The molecular weight excluding hydrogens is 167 g/mol. The molecule has 0 aliphatic carbocycles. The third kappa shape index (κ3) is 1.59. The number of imidazole rings is 1. The van der Waals surface area contributed by atoms with Gasteiger partial charge in [0.05, 0.1) is 11.9 Å². The molecule has 1 aromatic heterocycles. The molecule has 0 unspecified atom stereocenters. The van der Waals surface area contributed by atoms with Crippen LogP contribution in [0.3, 0.4) is 0 Å². The second-order valence-corrected chi connectivity index (χ2v) is 2.89. The Hall–Kier alpha value is -1.64. The van der Waals surface area contributed by atoms with Crippen molar-refractivity contribution in [3.63, 3.8) is 0 Å². The molecule has 13 heavy (non-hydrogen) atoms. The van der Waals surface area contributed by atoms with Gasteiger partial charge in [0.15, 0.2) is 0 Å². The Morgan fingerprint density at radius 2 is 2.00 bits per heavy atom. The summed E-state index contributed by atoms with van der Waals surface area (Å²) in [5, 5.41) is 0. The first-order valence-corrected chi connectivity index (χ1v) is 4.03. The van der Waals surface area contributed by atoms with E-state index in [1.165, 1.54) is 12.1 Å². The highest BCUT2D eigenvalue weighted by Crippen LogP contribution is 2.16. The van der Waals surface area contributed by atoms with Crippen molar-refractivity contribution in [3.05, 3.63) is 42.1 Å². The highest BCUT2D eigenvalue weighted by Gasteiger charge is 1.99. The zero-order valence-electron chi connectivity index (χ0n) is 7.21. The molecule has 2 rings (SSSR count). The van der Waals surface area contributed by atoms with Crippen LogP contribution in [0.25, 0.3) is 11.3 Å². The average molecular weight is 178 g/mol. The van der Waals surface area contributed by atoms with Crippen LogP contribution in [0.4, 0.5) is 4.39 Å². The molecule has 0 aliphatic heterocycles. The second-order valence-electron chi connectivity index (χ2n) is 2.89. The van der Waals surface area contributed by atoms with Crippen LogP contribution >= 0.6 is 0 Å². The Balaban J connectivity index is 0.000000980. The maximum atomic E-state index is 12.6. The summed E-state index contributed by atoms with van der Waals surface area (Å²) in [4.78, 5) is 7.14. The van der Waals surface area contributed by atoms with Crippen molar-refractivity contribution < 1.29 is 5.82 Å². The first kappa shape index (κ1) is 7.98. The number of rotatable bonds is 1. The standard InChI is InChI=1S/C10H9FN2.H2/c1-7-12-6-10(13-7)8-2-4-9(11)5-3-8;/h2-6H,1H3,(H,12,13);1H. The largest absolute Gasteiger partial charge is 0.342 e. The number of aromatic amines is 1. The number of aromatic nitrogens is 2. The number of nitrogens with one attached hydrogen (secondary N) is 1. The lowest BCUT2D eigenvalue weighted by Crippen LogP contribution is -1.78. The van der Waals surface area contributed by atoms with Crippen molar-refractivity contribution in [1.29, 1.82) is 0 Å². The van der Waals surface area contributed by atoms with Gasteiger partial charge in [0.1, 0.15) is 11.6 Å². The molecule has 0 aliphatic rings. The number of benzene rings is 1.